The maximum Gasteiger partial charge on any atom is 0.321 e. The lowest BCUT2D eigenvalue weighted by Gasteiger charge is -2.32. The van der Waals surface area contributed by atoms with Gasteiger partial charge in [0.15, 0.2) is 0 Å². The first kappa shape index (κ1) is 15.5. The van der Waals surface area contributed by atoms with Crippen molar-refractivity contribution in [3.63, 3.8) is 0 Å². The van der Waals surface area contributed by atoms with Gasteiger partial charge in [-0.1, -0.05) is 30.3 Å². The van der Waals surface area contributed by atoms with E-state index in [1.807, 2.05) is 17.0 Å². The highest BCUT2D eigenvalue weighted by atomic mass is 16.2. The molecule has 3 rings (SSSR count). The van der Waals surface area contributed by atoms with Gasteiger partial charge in [0.2, 0.25) is 0 Å². The second-order valence-corrected chi connectivity index (χ2v) is 6.13. The summed E-state index contributed by atoms with van der Waals surface area (Å²) in [7, 11) is 0. The van der Waals surface area contributed by atoms with Crippen molar-refractivity contribution < 1.29 is 4.79 Å². The molecule has 0 unspecified atom stereocenters. The molecule has 0 spiro atoms. The largest absolute Gasteiger partial charge is 0.325 e. The van der Waals surface area contributed by atoms with Crippen LogP contribution < -0.4 is 5.32 Å². The quantitative estimate of drug-likeness (QED) is 0.929. The summed E-state index contributed by atoms with van der Waals surface area (Å²) in [5.41, 5.74) is 2.16. The molecule has 1 aromatic heterocycles. The van der Waals surface area contributed by atoms with Gasteiger partial charge in [-0.3, -0.25) is 4.98 Å². The maximum absolute atomic E-state index is 12.2. The minimum atomic E-state index is -0.0143. The number of benzene rings is 1. The summed E-state index contributed by atoms with van der Waals surface area (Å²) in [5.74, 6) is 0.720. The van der Waals surface area contributed by atoms with E-state index in [1.165, 1.54) is 12.0 Å². The van der Waals surface area contributed by atoms with Gasteiger partial charge in [0.1, 0.15) is 0 Å². The van der Waals surface area contributed by atoms with Gasteiger partial charge >= 0.3 is 6.03 Å². The zero-order chi connectivity index (χ0) is 15.9. The van der Waals surface area contributed by atoms with Gasteiger partial charge in [0.25, 0.3) is 0 Å². The zero-order valence-corrected chi connectivity index (χ0v) is 13.3. The molecule has 0 aliphatic carbocycles. The van der Waals surface area contributed by atoms with Gasteiger partial charge in [-0.15, -0.1) is 0 Å². The van der Waals surface area contributed by atoms with E-state index < -0.39 is 0 Å². The first-order valence-electron chi connectivity index (χ1n) is 8.31. The Bertz CT molecular complexity index is 607. The number of nitrogens with one attached hydrogen (secondary N) is 1. The van der Waals surface area contributed by atoms with Gasteiger partial charge in [0, 0.05) is 19.3 Å². The van der Waals surface area contributed by atoms with Gasteiger partial charge < -0.3 is 10.2 Å². The summed E-state index contributed by atoms with van der Waals surface area (Å²) in [4.78, 5) is 18.2. The van der Waals surface area contributed by atoms with Crippen molar-refractivity contribution in [2.24, 2.45) is 5.92 Å². The number of hydrogen-bond acceptors (Lipinski definition) is 2. The average molecular weight is 309 g/mol. The number of urea groups is 1. The van der Waals surface area contributed by atoms with Gasteiger partial charge in [-0.05, 0) is 49.3 Å². The predicted molar refractivity (Wildman–Crippen MR) is 92.3 cm³/mol. The number of amides is 2. The molecule has 4 heteroatoms. The molecule has 1 aliphatic rings. The summed E-state index contributed by atoms with van der Waals surface area (Å²) in [6.45, 7) is 1.68. The van der Waals surface area contributed by atoms with Crippen LogP contribution in [0.1, 0.15) is 24.8 Å². The SMILES string of the molecule is O=C(Nc1cccnc1)N1CCC(CCc2ccccc2)CC1. The van der Waals surface area contributed by atoms with Crippen LogP contribution in [-0.2, 0) is 6.42 Å². The van der Waals surface area contributed by atoms with E-state index in [9.17, 15) is 4.79 Å². The average Bonchev–Trinajstić information content (AvgIpc) is 2.62. The van der Waals surface area contributed by atoms with Crippen molar-refractivity contribution >= 4 is 11.7 Å². The number of nitrogens with zero attached hydrogens (tertiary/aromatic N) is 2. The Hall–Kier alpha value is -2.36. The van der Waals surface area contributed by atoms with E-state index in [-0.39, 0.29) is 6.03 Å². The molecule has 0 bridgehead atoms. The Morgan fingerprint density at radius 2 is 1.91 bits per heavy atom. The molecule has 1 aromatic carbocycles. The molecule has 0 radical (unpaired) electrons. The fourth-order valence-corrected chi connectivity index (χ4v) is 3.08. The normalized spacial score (nSPS) is 15.4. The number of carbonyl (C=O) groups is 1. The van der Waals surface area contributed by atoms with Crippen LogP contribution in [0, 0.1) is 5.92 Å². The summed E-state index contributed by atoms with van der Waals surface area (Å²) in [6, 6.07) is 14.3. The van der Waals surface area contributed by atoms with Crippen molar-refractivity contribution in [3.8, 4) is 0 Å². The summed E-state index contributed by atoms with van der Waals surface area (Å²) < 4.78 is 0. The summed E-state index contributed by atoms with van der Waals surface area (Å²) >= 11 is 0. The molecule has 4 nitrogen and oxygen atoms in total. The first-order chi connectivity index (χ1) is 11.3. The lowest BCUT2D eigenvalue weighted by atomic mass is 9.90. The third-order valence-corrected chi connectivity index (χ3v) is 4.50. The van der Waals surface area contributed by atoms with Crippen LogP contribution in [0.3, 0.4) is 0 Å². The minimum absolute atomic E-state index is 0.0143. The van der Waals surface area contributed by atoms with E-state index in [0.29, 0.717) is 0 Å². The van der Waals surface area contributed by atoms with E-state index in [4.69, 9.17) is 0 Å². The van der Waals surface area contributed by atoms with Crippen molar-refractivity contribution in [2.45, 2.75) is 25.7 Å². The number of rotatable bonds is 4. The Balaban J connectivity index is 1.42. The molecule has 23 heavy (non-hydrogen) atoms. The van der Waals surface area contributed by atoms with E-state index in [2.05, 4.69) is 40.6 Å². The highest BCUT2D eigenvalue weighted by Gasteiger charge is 2.22. The van der Waals surface area contributed by atoms with Crippen LogP contribution >= 0.6 is 0 Å². The highest BCUT2D eigenvalue weighted by molar-refractivity contribution is 5.89. The highest BCUT2D eigenvalue weighted by Crippen LogP contribution is 2.23. The molecule has 1 saturated heterocycles. The van der Waals surface area contributed by atoms with Gasteiger partial charge in [0.05, 0.1) is 11.9 Å². The van der Waals surface area contributed by atoms with Crippen molar-refractivity contribution in [3.05, 3.63) is 60.4 Å². The number of pyridine rings is 1. The number of aryl methyl sites for hydroxylation is 1. The van der Waals surface area contributed by atoms with Gasteiger partial charge in [-0.25, -0.2) is 4.79 Å². The van der Waals surface area contributed by atoms with E-state index in [0.717, 1.165) is 44.0 Å². The van der Waals surface area contributed by atoms with Crippen molar-refractivity contribution in [1.82, 2.24) is 9.88 Å². The van der Waals surface area contributed by atoms with Crippen LogP contribution in [0.2, 0.25) is 0 Å². The third kappa shape index (κ3) is 4.55. The maximum atomic E-state index is 12.2. The lowest BCUT2D eigenvalue weighted by molar-refractivity contribution is 0.180. The number of piperidine rings is 1. The van der Waals surface area contributed by atoms with E-state index >= 15 is 0 Å². The standard InChI is InChI=1S/C19H23N3O/c23-19(21-18-7-4-12-20-15-18)22-13-10-17(11-14-22)9-8-16-5-2-1-3-6-16/h1-7,12,15,17H,8-11,13-14H2,(H,21,23). The second-order valence-electron chi connectivity index (χ2n) is 6.13. The zero-order valence-electron chi connectivity index (χ0n) is 13.3. The van der Waals surface area contributed by atoms with Crippen molar-refractivity contribution in [1.29, 1.82) is 0 Å². The van der Waals surface area contributed by atoms with Crippen LogP contribution in [0.4, 0.5) is 10.5 Å². The molecule has 1 N–H and O–H groups in total. The Morgan fingerprint density at radius 3 is 2.61 bits per heavy atom. The second kappa shape index (κ2) is 7.77. The number of likely N-dealkylation sites (tertiary alicyclic amines) is 1. The Labute approximate surface area is 137 Å². The molecular weight excluding hydrogens is 286 g/mol. The molecule has 0 saturated carbocycles. The summed E-state index contributed by atoms with van der Waals surface area (Å²) in [6.07, 6.45) is 7.90. The molecular formula is C19H23N3O. The predicted octanol–water partition coefficient (Wildman–Crippen LogP) is 3.96. The van der Waals surface area contributed by atoms with Crippen LogP contribution in [0.15, 0.2) is 54.9 Å². The third-order valence-electron chi connectivity index (χ3n) is 4.50. The molecule has 2 aromatic rings. The lowest BCUT2D eigenvalue weighted by Crippen LogP contribution is -2.41. The molecule has 1 fully saturated rings. The minimum Gasteiger partial charge on any atom is -0.325 e. The number of carbonyl (C=O) groups excluding carboxylic acids is 1. The molecule has 0 atom stereocenters. The monoisotopic (exact) mass is 309 g/mol. The number of anilines is 1. The van der Waals surface area contributed by atoms with E-state index in [1.54, 1.807) is 12.4 Å². The first-order valence-corrected chi connectivity index (χ1v) is 8.31. The topological polar surface area (TPSA) is 45.2 Å². The molecule has 2 heterocycles. The fraction of sp³-hybridized carbons (Fsp3) is 0.368. The molecule has 1 aliphatic heterocycles. The smallest absolute Gasteiger partial charge is 0.321 e. The fourth-order valence-electron chi connectivity index (χ4n) is 3.08. The van der Waals surface area contributed by atoms with Crippen molar-refractivity contribution in [2.75, 3.05) is 18.4 Å². The summed E-state index contributed by atoms with van der Waals surface area (Å²) in [5, 5.41) is 2.91. The number of hydrogen-bond donors (Lipinski definition) is 1. The van der Waals surface area contributed by atoms with Crippen LogP contribution in [-0.4, -0.2) is 29.0 Å². The number of aromatic nitrogens is 1. The Kier molecular flexibility index (Phi) is 5.25. The Morgan fingerprint density at radius 1 is 1.13 bits per heavy atom. The molecule has 120 valence electrons. The van der Waals surface area contributed by atoms with Gasteiger partial charge in [-0.2, -0.15) is 0 Å². The molecule has 2 amide bonds. The van der Waals surface area contributed by atoms with Crippen LogP contribution in [0.5, 0.6) is 0 Å². The van der Waals surface area contributed by atoms with Crippen LogP contribution in [0.25, 0.3) is 0 Å².